The minimum Gasteiger partial charge on any atom is -0.480 e. The van der Waals surface area contributed by atoms with Crippen molar-refractivity contribution < 1.29 is 14.6 Å². The Morgan fingerprint density at radius 2 is 2.26 bits per heavy atom. The van der Waals surface area contributed by atoms with Crippen LogP contribution in [-0.2, 0) is 10.2 Å². The van der Waals surface area contributed by atoms with E-state index in [1.54, 1.807) is 12.3 Å². The molecule has 2 rings (SSSR count). The highest BCUT2D eigenvalue weighted by atomic mass is 16.5. The van der Waals surface area contributed by atoms with Gasteiger partial charge in [0.25, 0.3) is 0 Å². The van der Waals surface area contributed by atoms with Crippen molar-refractivity contribution in [3.8, 4) is 5.88 Å². The number of aromatic nitrogens is 2. The van der Waals surface area contributed by atoms with Crippen LogP contribution >= 0.6 is 0 Å². The molecule has 0 bridgehead atoms. The monoisotopic (exact) mass is 265 g/mol. The number of ether oxygens (including phenoxy) is 1. The lowest BCUT2D eigenvalue weighted by molar-refractivity contribution is -0.139. The number of carboxylic acid groups (broad SMARTS) is 1. The maximum absolute atomic E-state index is 10.8. The van der Waals surface area contributed by atoms with E-state index in [-0.39, 0.29) is 11.5 Å². The van der Waals surface area contributed by atoms with Gasteiger partial charge in [0.2, 0.25) is 5.88 Å². The van der Waals surface area contributed by atoms with Crippen LogP contribution in [0, 0.1) is 0 Å². The van der Waals surface area contributed by atoms with Crippen LogP contribution in [0.5, 0.6) is 5.88 Å². The number of aliphatic carboxylic acids is 1. The van der Waals surface area contributed by atoms with Crippen LogP contribution in [0.15, 0.2) is 12.3 Å². The van der Waals surface area contributed by atoms with E-state index in [0.29, 0.717) is 24.7 Å². The summed E-state index contributed by atoms with van der Waals surface area (Å²) in [5.74, 6) is 0.368. The van der Waals surface area contributed by atoms with Crippen LogP contribution in [0.3, 0.4) is 0 Å². The lowest BCUT2D eigenvalue weighted by Gasteiger charge is -2.18. The maximum Gasteiger partial charge on any atom is 0.320 e. The molecule has 0 spiro atoms. The van der Waals surface area contributed by atoms with Crippen molar-refractivity contribution in [3.63, 3.8) is 0 Å². The van der Waals surface area contributed by atoms with E-state index in [4.69, 9.17) is 9.84 Å². The van der Waals surface area contributed by atoms with Crippen molar-refractivity contribution >= 4 is 5.97 Å². The smallest absolute Gasteiger partial charge is 0.320 e. The molecular formula is C13H19N3O3. The van der Waals surface area contributed by atoms with Gasteiger partial charge in [-0.1, -0.05) is 20.8 Å². The van der Waals surface area contributed by atoms with E-state index in [2.05, 4.69) is 15.3 Å². The van der Waals surface area contributed by atoms with Crippen LogP contribution < -0.4 is 10.1 Å². The number of nitrogens with one attached hydrogen (secondary N) is 1. The lowest BCUT2D eigenvalue weighted by atomic mass is 9.96. The summed E-state index contributed by atoms with van der Waals surface area (Å²) in [5, 5.41) is 11.8. The molecule has 104 valence electrons. The zero-order valence-corrected chi connectivity index (χ0v) is 11.4. The molecule has 1 aromatic heterocycles. The summed E-state index contributed by atoms with van der Waals surface area (Å²) in [6.07, 6.45) is 1.95. The van der Waals surface area contributed by atoms with Crippen molar-refractivity contribution in [1.29, 1.82) is 0 Å². The van der Waals surface area contributed by atoms with E-state index < -0.39 is 12.0 Å². The predicted octanol–water partition coefficient (Wildman–Crippen LogP) is 0.968. The Morgan fingerprint density at radius 3 is 2.84 bits per heavy atom. The summed E-state index contributed by atoms with van der Waals surface area (Å²) in [5.41, 5.74) is -0.142. The molecule has 0 aliphatic carbocycles. The molecule has 1 saturated heterocycles. The lowest BCUT2D eigenvalue weighted by Crippen LogP contribution is -2.30. The Kier molecular flexibility index (Phi) is 3.71. The Bertz CT molecular complexity index is 470. The molecular weight excluding hydrogens is 246 g/mol. The summed E-state index contributed by atoms with van der Waals surface area (Å²) < 4.78 is 5.71. The Balaban J connectivity index is 2.03. The molecule has 0 radical (unpaired) electrons. The van der Waals surface area contributed by atoms with E-state index >= 15 is 0 Å². The second-order valence-electron chi connectivity index (χ2n) is 5.74. The summed E-state index contributed by atoms with van der Waals surface area (Å²) in [6, 6.07) is 1.16. The molecule has 0 amide bonds. The van der Waals surface area contributed by atoms with Gasteiger partial charge >= 0.3 is 5.97 Å². The third-order valence-corrected chi connectivity index (χ3v) is 2.98. The number of hydrogen-bond acceptors (Lipinski definition) is 5. The highest BCUT2D eigenvalue weighted by Gasteiger charge is 2.30. The largest absolute Gasteiger partial charge is 0.480 e. The Hall–Kier alpha value is -1.69. The number of carbonyl (C=O) groups is 1. The van der Waals surface area contributed by atoms with Crippen LogP contribution in [0.4, 0.5) is 0 Å². The molecule has 2 atom stereocenters. The molecule has 1 aliphatic heterocycles. The fourth-order valence-corrected chi connectivity index (χ4v) is 1.92. The molecule has 6 nitrogen and oxygen atoms in total. The van der Waals surface area contributed by atoms with Gasteiger partial charge < -0.3 is 15.2 Å². The molecule has 1 aliphatic rings. The third kappa shape index (κ3) is 3.41. The number of rotatable bonds is 3. The highest BCUT2D eigenvalue weighted by molar-refractivity contribution is 5.73. The van der Waals surface area contributed by atoms with Crippen molar-refractivity contribution in [2.75, 3.05) is 6.54 Å². The van der Waals surface area contributed by atoms with Gasteiger partial charge in [0.1, 0.15) is 18.0 Å². The quantitative estimate of drug-likeness (QED) is 0.847. The van der Waals surface area contributed by atoms with Gasteiger partial charge in [0.05, 0.1) is 0 Å². The van der Waals surface area contributed by atoms with Crippen LogP contribution in [0.2, 0.25) is 0 Å². The molecule has 19 heavy (non-hydrogen) atoms. The minimum absolute atomic E-state index is 0.142. The first-order chi connectivity index (χ1) is 8.86. The molecule has 2 unspecified atom stereocenters. The van der Waals surface area contributed by atoms with Crippen molar-refractivity contribution in [3.05, 3.63) is 18.1 Å². The van der Waals surface area contributed by atoms with Crippen LogP contribution in [0.1, 0.15) is 33.0 Å². The van der Waals surface area contributed by atoms with Gasteiger partial charge in [-0.15, -0.1) is 0 Å². The topological polar surface area (TPSA) is 84.3 Å². The first-order valence-electron chi connectivity index (χ1n) is 6.32. The van der Waals surface area contributed by atoms with Crippen LogP contribution in [0.25, 0.3) is 0 Å². The summed E-state index contributed by atoms with van der Waals surface area (Å²) in [7, 11) is 0. The average molecular weight is 265 g/mol. The molecule has 2 N–H and O–H groups in total. The van der Waals surface area contributed by atoms with Gasteiger partial charge in [-0.05, 0) is 0 Å². The van der Waals surface area contributed by atoms with E-state index in [0.717, 1.165) is 0 Å². The fraction of sp³-hybridized carbons (Fsp3) is 0.615. The number of hydrogen-bond donors (Lipinski definition) is 2. The third-order valence-electron chi connectivity index (χ3n) is 2.98. The average Bonchev–Trinajstić information content (AvgIpc) is 2.77. The highest BCUT2D eigenvalue weighted by Crippen LogP contribution is 2.21. The molecule has 0 aromatic carbocycles. The summed E-state index contributed by atoms with van der Waals surface area (Å²) in [4.78, 5) is 19.4. The standard InChI is InChI=1S/C13H19N3O3/c1-13(2,3)12-14-5-4-10(16-12)19-8-6-9(11(17)18)15-7-8/h4-5,8-9,15H,6-7H2,1-3H3,(H,17,18). The molecule has 1 fully saturated rings. The second-order valence-corrected chi connectivity index (χ2v) is 5.74. The Morgan fingerprint density at radius 1 is 1.53 bits per heavy atom. The predicted molar refractivity (Wildman–Crippen MR) is 69.2 cm³/mol. The van der Waals surface area contributed by atoms with E-state index in [1.165, 1.54) is 0 Å². The van der Waals surface area contributed by atoms with Gasteiger partial charge in [0, 0.05) is 30.6 Å². The van der Waals surface area contributed by atoms with Gasteiger partial charge in [-0.2, -0.15) is 4.98 Å². The molecule has 2 heterocycles. The zero-order valence-electron chi connectivity index (χ0n) is 11.4. The van der Waals surface area contributed by atoms with Crippen LogP contribution in [-0.4, -0.2) is 39.7 Å². The zero-order chi connectivity index (χ0) is 14.0. The minimum atomic E-state index is -0.843. The second kappa shape index (κ2) is 5.13. The summed E-state index contributed by atoms with van der Waals surface area (Å²) in [6.45, 7) is 6.61. The molecule has 1 aromatic rings. The van der Waals surface area contributed by atoms with Gasteiger partial charge in [-0.3, -0.25) is 4.79 Å². The first-order valence-corrected chi connectivity index (χ1v) is 6.32. The van der Waals surface area contributed by atoms with E-state index in [1.807, 2.05) is 20.8 Å². The SMILES string of the molecule is CC(C)(C)c1nccc(OC2CNC(C(=O)O)C2)n1. The van der Waals surface area contributed by atoms with Crippen molar-refractivity contribution in [1.82, 2.24) is 15.3 Å². The fourth-order valence-electron chi connectivity index (χ4n) is 1.92. The number of carboxylic acids is 1. The van der Waals surface area contributed by atoms with Crippen molar-refractivity contribution in [2.24, 2.45) is 0 Å². The van der Waals surface area contributed by atoms with Crippen molar-refractivity contribution in [2.45, 2.75) is 44.8 Å². The number of nitrogens with zero attached hydrogens (tertiary/aromatic N) is 2. The maximum atomic E-state index is 10.8. The summed E-state index contributed by atoms with van der Waals surface area (Å²) >= 11 is 0. The normalized spacial score (nSPS) is 23.3. The van der Waals surface area contributed by atoms with Gasteiger partial charge in [-0.25, -0.2) is 4.98 Å². The van der Waals surface area contributed by atoms with E-state index in [9.17, 15) is 4.79 Å². The van der Waals surface area contributed by atoms with Gasteiger partial charge in [0.15, 0.2) is 0 Å². The molecule has 0 saturated carbocycles. The molecule has 6 heteroatoms. The first kappa shape index (κ1) is 13.7. The Labute approximate surface area is 112 Å².